The van der Waals surface area contributed by atoms with E-state index in [2.05, 4.69) is 5.32 Å². The maximum Gasteiger partial charge on any atom is 0.408 e. The summed E-state index contributed by atoms with van der Waals surface area (Å²) in [5.41, 5.74) is 0.363. The SMILES string of the molecule is Fc1cccc2c1N[C@H](C(F)(F)F)C2. The zero-order valence-electron chi connectivity index (χ0n) is 7.03. The van der Waals surface area contributed by atoms with Crippen molar-refractivity contribution in [3.63, 3.8) is 0 Å². The van der Waals surface area contributed by atoms with E-state index in [-0.39, 0.29) is 12.1 Å². The Hall–Kier alpha value is -1.26. The zero-order chi connectivity index (χ0) is 10.3. The van der Waals surface area contributed by atoms with Gasteiger partial charge in [0.05, 0.1) is 5.69 Å². The summed E-state index contributed by atoms with van der Waals surface area (Å²) >= 11 is 0. The van der Waals surface area contributed by atoms with Crippen LogP contribution in [0.15, 0.2) is 18.2 Å². The molecule has 1 heterocycles. The summed E-state index contributed by atoms with van der Waals surface area (Å²) in [7, 11) is 0. The number of hydrogen-bond acceptors (Lipinski definition) is 1. The van der Waals surface area contributed by atoms with E-state index in [1.54, 1.807) is 0 Å². The second-order valence-electron chi connectivity index (χ2n) is 3.22. The highest BCUT2D eigenvalue weighted by atomic mass is 19.4. The summed E-state index contributed by atoms with van der Waals surface area (Å²) in [5, 5.41) is 2.14. The Balaban J connectivity index is 2.31. The molecule has 1 nitrogen and oxygen atoms in total. The van der Waals surface area contributed by atoms with Crippen LogP contribution in [0.25, 0.3) is 0 Å². The van der Waals surface area contributed by atoms with Crippen LogP contribution in [-0.4, -0.2) is 12.2 Å². The fourth-order valence-electron chi connectivity index (χ4n) is 1.54. The van der Waals surface area contributed by atoms with Crippen LogP contribution in [-0.2, 0) is 6.42 Å². The van der Waals surface area contributed by atoms with Crippen molar-refractivity contribution in [3.05, 3.63) is 29.6 Å². The Labute approximate surface area is 77.7 Å². The number of hydrogen-bond donors (Lipinski definition) is 1. The Morgan fingerprint density at radius 1 is 1.29 bits per heavy atom. The van der Waals surface area contributed by atoms with Gasteiger partial charge in [-0.1, -0.05) is 12.1 Å². The van der Waals surface area contributed by atoms with Crippen LogP contribution in [0, 0.1) is 5.82 Å². The topological polar surface area (TPSA) is 12.0 Å². The van der Waals surface area contributed by atoms with Gasteiger partial charge in [-0.25, -0.2) is 4.39 Å². The number of fused-ring (bicyclic) bond motifs is 1. The van der Waals surface area contributed by atoms with E-state index < -0.39 is 18.0 Å². The Bertz CT molecular complexity index is 358. The first-order valence-corrected chi connectivity index (χ1v) is 4.09. The number of nitrogens with one attached hydrogen (secondary N) is 1. The lowest BCUT2D eigenvalue weighted by Crippen LogP contribution is -2.34. The van der Waals surface area contributed by atoms with Gasteiger partial charge in [-0.3, -0.25) is 0 Å². The lowest BCUT2D eigenvalue weighted by molar-refractivity contribution is -0.140. The summed E-state index contributed by atoms with van der Waals surface area (Å²) in [6.07, 6.45) is -4.53. The van der Waals surface area contributed by atoms with E-state index in [0.29, 0.717) is 5.56 Å². The van der Waals surface area contributed by atoms with Crippen molar-refractivity contribution in [3.8, 4) is 0 Å². The summed E-state index contributed by atoms with van der Waals surface area (Å²) in [6, 6.07) is 2.39. The number of rotatable bonds is 0. The molecule has 0 radical (unpaired) electrons. The van der Waals surface area contributed by atoms with Gasteiger partial charge < -0.3 is 5.32 Å². The zero-order valence-corrected chi connectivity index (χ0v) is 7.03. The lowest BCUT2D eigenvalue weighted by Gasteiger charge is -2.14. The van der Waals surface area contributed by atoms with Gasteiger partial charge in [0.25, 0.3) is 0 Å². The summed E-state index contributed by atoms with van der Waals surface area (Å²) in [6.45, 7) is 0. The van der Waals surface area contributed by atoms with E-state index in [1.165, 1.54) is 12.1 Å². The highest BCUT2D eigenvalue weighted by molar-refractivity contribution is 5.58. The molecule has 1 atom stereocenters. The van der Waals surface area contributed by atoms with Crippen LogP contribution in [0.4, 0.5) is 23.2 Å². The van der Waals surface area contributed by atoms with Gasteiger partial charge in [-0.05, 0) is 11.6 Å². The summed E-state index contributed by atoms with van der Waals surface area (Å²) in [4.78, 5) is 0. The highest BCUT2D eigenvalue weighted by Crippen LogP contribution is 2.35. The van der Waals surface area contributed by atoms with Crippen molar-refractivity contribution in [2.45, 2.75) is 18.6 Å². The summed E-state index contributed by atoms with van der Waals surface area (Å²) < 4.78 is 49.8. The molecule has 0 aromatic heterocycles. The molecule has 0 amide bonds. The Morgan fingerprint density at radius 3 is 2.57 bits per heavy atom. The number of anilines is 1. The number of benzene rings is 1. The van der Waals surface area contributed by atoms with Gasteiger partial charge in [0.1, 0.15) is 11.9 Å². The molecule has 1 N–H and O–H groups in total. The molecule has 1 aliphatic heterocycles. The van der Waals surface area contributed by atoms with Gasteiger partial charge in [0.15, 0.2) is 0 Å². The minimum Gasteiger partial charge on any atom is -0.371 e. The van der Waals surface area contributed by atoms with Crippen molar-refractivity contribution in [2.75, 3.05) is 5.32 Å². The molecule has 14 heavy (non-hydrogen) atoms. The molecule has 0 aliphatic carbocycles. The van der Waals surface area contributed by atoms with Crippen molar-refractivity contribution in [1.29, 1.82) is 0 Å². The third kappa shape index (κ3) is 1.42. The molecule has 0 bridgehead atoms. The van der Waals surface area contributed by atoms with Crippen LogP contribution in [0.1, 0.15) is 5.56 Å². The molecule has 76 valence electrons. The average Bonchev–Trinajstić information content (AvgIpc) is 2.48. The van der Waals surface area contributed by atoms with Crippen LogP contribution < -0.4 is 5.32 Å². The normalized spacial score (nSPS) is 20.4. The predicted octanol–water partition coefficient (Wildman–Crippen LogP) is 2.72. The Morgan fingerprint density at radius 2 is 2.00 bits per heavy atom. The van der Waals surface area contributed by atoms with Crippen LogP contribution in [0.5, 0.6) is 0 Å². The van der Waals surface area contributed by atoms with Crippen LogP contribution in [0.2, 0.25) is 0 Å². The van der Waals surface area contributed by atoms with Gasteiger partial charge in [-0.2, -0.15) is 13.2 Å². The second kappa shape index (κ2) is 2.87. The molecule has 0 spiro atoms. The maximum atomic E-state index is 13.0. The molecule has 5 heteroatoms. The summed E-state index contributed by atoms with van der Waals surface area (Å²) in [5.74, 6) is -0.630. The minimum atomic E-state index is -4.33. The maximum absolute atomic E-state index is 13.0. The van der Waals surface area contributed by atoms with Crippen molar-refractivity contribution >= 4 is 5.69 Å². The van der Waals surface area contributed by atoms with Crippen LogP contribution >= 0.6 is 0 Å². The highest BCUT2D eigenvalue weighted by Gasteiger charge is 2.43. The molecule has 2 rings (SSSR count). The van der Waals surface area contributed by atoms with Gasteiger partial charge in [-0.15, -0.1) is 0 Å². The molecule has 1 aromatic carbocycles. The van der Waals surface area contributed by atoms with E-state index in [9.17, 15) is 17.6 Å². The standard InChI is InChI=1S/C9H7F4N/c10-6-3-1-2-5-4-7(9(11,12)13)14-8(5)6/h1-3,7,14H,4H2/t7-/m0/s1. The molecular weight excluding hydrogens is 198 g/mol. The molecule has 0 saturated carbocycles. The monoisotopic (exact) mass is 205 g/mol. The Kier molecular flexibility index (Phi) is 1.90. The molecule has 0 unspecified atom stereocenters. The fourth-order valence-corrected chi connectivity index (χ4v) is 1.54. The van der Waals surface area contributed by atoms with E-state index in [1.807, 2.05) is 0 Å². The minimum absolute atomic E-state index is 0.0187. The van der Waals surface area contributed by atoms with E-state index >= 15 is 0 Å². The predicted molar refractivity (Wildman–Crippen MR) is 43.6 cm³/mol. The van der Waals surface area contributed by atoms with E-state index in [4.69, 9.17) is 0 Å². The molecule has 1 aromatic rings. The third-order valence-electron chi connectivity index (χ3n) is 2.24. The third-order valence-corrected chi connectivity index (χ3v) is 2.24. The number of alkyl halides is 3. The van der Waals surface area contributed by atoms with Gasteiger partial charge >= 0.3 is 6.18 Å². The molecule has 1 aliphatic rings. The fraction of sp³-hybridized carbons (Fsp3) is 0.333. The largest absolute Gasteiger partial charge is 0.408 e. The number of para-hydroxylation sites is 1. The number of halogens is 4. The molecule has 0 saturated heterocycles. The first-order valence-electron chi connectivity index (χ1n) is 4.09. The quantitative estimate of drug-likeness (QED) is 0.642. The lowest BCUT2D eigenvalue weighted by atomic mass is 10.1. The van der Waals surface area contributed by atoms with Crippen molar-refractivity contribution < 1.29 is 17.6 Å². The van der Waals surface area contributed by atoms with Crippen LogP contribution in [0.3, 0.4) is 0 Å². The first-order chi connectivity index (χ1) is 6.48. The van der Waals surface area contributed by atoms with Crippen molar-refractivity contribution in [1.82, 2.24) is 0 Å². The molecule has 0 fully saturated rings. The smallest absolute Gasteiger partial charge is 0.371 e. The average molecular weight is 205 g/mol. The first kappa shape index (κ1) is 9.30. The van der Waals surface area contributed by atoms with Gasteiger partial charge in [0, 0.05) is 6.42 Å². The second-order valence-corrected chi connectivity index (χ2v) is 3.22. The van der Waals surface area contributed by atoms with E-state index in [0.717, 1.165) is 6.07 Å². The molecular formula is C9H7F4N. The van der Waals surface area contributed by atoms with Gasteiger partial charge in [0.2, 0.25) is 0 Å². The van der Waals surface area contributed by atoms with Crippen molar-refractivity contribution in [2.24, 2.45) is 0 Å².